The molecule has 11 nitrogen and oxygen atoms in total. The van der Waals surface area contributed by atoms with E-state index in [2.05, 4.69) is 15.4 Å². The molecule has 0 saturated heterocycles. The van der Waals surface area contributed by atoms with Gasteiger partial charge in [-0.15, -0.1) is 0 Å². The minimum absolute atomic E-state index is 0.0531. The fraction of sp³-hybridized carbons (Fsp3) is 0.0455. The van der Waals surface area contributed by atoms with Crippen LogP contribution in [0, 0.1) is 10.1 Å². The Kier molecular flexibility index (Phi) is 6.32. The summed E-state index contributed by atoms with van der Waals surface area (Å²) in [7, 11) is -4.30. The summed E-state index contributed by atoms with van der Waals surface area (Å²) in [5, 5.41) is 17.8. The van der Waals surface area contributed by atoms with Crippen LogP contribution in [0.25, 0.3) is 0 Å². The van der Waals surface area contributed by atoms with Gasteiger partial charge in [-0.2, -0.15) is 13.5 Å². The van der Waals surface area contributed by atoms with E-state index in [4.69, 9.17) is 4.18 Å². The molecule has 0 radical (unpaired) electrons. The summed E-state index contributed by atoms with van der Waals surface area (Å²) < 4.78 is 31.5. The second kappa shape index (κ2) is 9.50. The van der Waals surface area contributed by atoms with Gasteiger partial charge in [-0.05, 0) is 42.5 Å². The van der Waals surface area contributed by atoms with E-state index in [9.17, 15) is 23.3 Å². The lowest BCUT2D eigenvalue weighted by atomic mass is 10.2. The lowest BCUT2D eigenvalue weighted by Crippen LogP contribution is -2.13. The molecule has 0 aliphatic heterocycles. The van der Waals surface area contributed by atoms with E-state index in [-0.39, 0.29) is 21.9 Å². The van der Waals surface area contributed by atoms with Crippen molar-refractivity contribution in [3.63, 3.8) is 0 Å². The van der Waals surface area contributed by atoms with Crippen molar-refractivity contribution in [2.24, 2.45) is 0 Å². The molecule has 0 aliphatic carbocycles. The first-order chi connectivity index (χ1) is 16.3. The lowest BCUT2D eigenvalue weighted by molar-refractivity contribution is -0.385. The summed E-state index contributed by atoms with van der Waals surface area (Å²) in [6.45, 7) is 0.446. The van der Waals surface area contributed by atoms with Crippen molar-refractivity contribution in [2.75, 3.05) is 5.32 Å². The Balaban J connectivity index is 1.40. The maximum Gasteiger partial charge on any atom is 0.339 e. The van der Waals surface area contributed by atoms with E-state index >= 15 is 0 Å². The Labute approximate surface area is 193 Å². The zero-order chi connectivity index (χ0) is 24.1. The molecule has 2 aromatic carbocycles. The van der Waals surface area contributed by atoms with Crippen molar-refractivity contribution in [3.8, 4) is 5.75 Å². The number of carbonyl (C=O) groups is 1. The number of aromatic nitrogens is 3. The van der Waals surface area contributed by atoms with Crippen molar-refractivity contribution in [1.29, 1.82) is 0 Å². The Morgan fingerprint density at radius 3 is 2.56 bits per heavy atom. The highest BCUT2D eigenvalue weighted by atomic mass is 32.2. The van der Waals surface area contributed by atoms with Gasteiger partial charge >= 0.3 is 10.1 Å². The number of carbonyl (C=O) groups excluding carboxylic acids is 1. The molecule has 12 heteroatoms. The number of hydrogen-bond donors (Lipinski definition) is 1. The fourth-order valence-corrected chi connectivity index (χ4v) is 3.92. The second-order valence-corrected chi connectivity index (χ2v) is 8.54. The third-order valence-corrected chi connectivity index (χ3v) is 5.82. The standard InChI is InChI=1S/C22H17N5O6S/c28-22(24-21-11-13-26(25-21)15-17-4-1-2-12-23-17)16-7-9-19(10-8-16)33-34(31,32)20-6-3-5-18(14-20)27(29)30/h1-14H,15H2,(H,24,25,28). The van der Waals surface area contributed by atoms with E-state index in [1.54, 1.807) is 23.1 Å². The number of anilines is 1. The quantitative estimate of drug-likeness (QED) is 0.230. The molecule has 4 rings (SSSR count). The van der Waals surface area contributed by atoms with E-state index in [0.717, 1.165) is 11.8 Å². The van der Waals surface area contributed by atoms with Gasteiger partial charge in [0, 0.05) is 36.2 Å². The van der Waals surface area contributed by atoms with Crippen LogP contribution in [0.5, 0.6) is 5.75 Å². The normalized spacial score (nSPS) is 11.1. The zero-order valence-corrected chi connectivity index (χ0v) is 18.3. The number of rotatable bonds is 8. The van der Waals surface area contributed by atoms with E-state index in [0.29, 0.717) is 12.4 Å². The van der Waals surface area contributed by atoms with Crippen molar-refractivity contribution >= 4 is 27.5 Å². The van der Waals surface area contributed by atoms with Crippen LogP contribution in [-0.4, -0.2) is 34.0 Å². The highest BCUT2D eigenvalue weighted by Gasteiger charge is 2.20. The number of nitro groups is 1. The summed E-state index contributed by atoms with van der Waals surface area (Å²) in [4.78, 5) is 26.6. The van der Waals surface area contributed by atoms with Crippen LogP contribution in [0.2, 0.25) is 0 Å². The molecule has 0 atom stereocenters. The molecule has 2 aromatic heterocycles. The van der Waals surface area contributed by atoms with Gasteiger partial charge in [0.15, 0.2) is 5.82 Å². The average Bonchev–Trinajstić information content (AvgIpc) is 3.26. The van der Waals surface area contributed by atoms with Crippen LogP contribution in [0.3, 0.4) is 0 Å². The molecule has 34 heavy (non-hydrogen) atoms. The van der Waals surface area contributed by atoms with Gasteiger partial charge in [0.05, 0.1) is 17.2 Å². The van der Waals surface area contributed by atoms with E-state index in [1.807, 2.05) is 18.2 Å². The molecule has 0 bridgehead atoms. The summed E-state index contributed by atoms with van der Waals surface area (Å²) >= 11 is 0. The van der Waals surface area contributed by atoms with Crippen LogP contribution < -0.4 is 9.50 Å². The topological polar surface area (TPSA) is 146 Å². The van der Waals surface area contributed by atoms with Gasteiger partial charge < -0.3 is 9.50 Å². The molecular weight excluding hydrogens is 462 g/mol. The largest absolute Gasteiger partial charge is 0.379 e. The van der Waals surface area contributed by atoms with E-state index in [1.165, 1.54) is 42.5 Å². The van der Waals surface area contributed by atoms with Gasteiger partial charge in [0.1, 0.15) is 10.6 Å². The van der Waals surface area contributed by atoms with E-state index < -0.39 is 20.9 Å². The van der Waals surface area contributed by atoms with Crippen molar-refractivity contribution in [1.82, 2.24) is 14.8 Å². The first-order valence-electron chi connectivity index (χ1n) is 9.84. The van der Waals surface area contributed by atoms with Gasteiger partial charge in [-0.1, -0.05) is 12.1 Å². The van der Waals surface area contributed by atoms with Gasteiger partial charge in [0.2, 0.25) is 0 Å². The van der Waals surface area contributed by atoms with Gasteiger partial charge in [-0.25, -0.2) is 0 Å². The number of hydrogen-bond acceptors (Lipinski definition) is 8. The summed E-state index contributed by atoms with van der Waals surface area (Å²) in [5.41, 5.74) is 0.692. The minimum Gasteiger partial charge on any atom is -0.379 e. The molecule has 0 aliphatic rings. The third kappa shape index (κ3) is 5.42. The molecule has 1 amide bonds. The van der Waals surface area contributed by atoms with Crippen LogP contribution in [0.4, 0.5) is 11.5 Å². The maximum atomic E-state index is 12.5. The molecule has 1 N–H and O–H groups in total. The van der Waals surface area contributed by atoms with Gasteiger partial charge in [0.25, 0.3) is 11.6 Å². The van der Waals surface area contributed by atoms with Crippen LogP contribution >= 0.6 is 0 Å². The zero-order valence-electron chi connectivity index (χ0n) is 17.4. The highest BCUT2D eigenvalue weighted by Crippen LogP contribution is 2.22. The van der Waals surface area contributed by atoms with Crippen LogP contribution in [0.15, 0.2) is 90.1 Å². The molecular formula is C22H17N5O6S. The maximum absolute atomic E-state index is 12.5. The van der Waals surface area contributed by atoms with Gasteiger partial charge in [-0.3, -0.25) is 24.6 Å². The summed E-state index contributed by atoms with van der Waals surface area (Å²) in [5.74, 6) is -0.159. The SMILES string of the molecule is O=C(Nc1ccn(Cc2ccccn2)n1)c1ccc(OS(=O)(=O)c2cccc([N+](=O)[O-])c2)cc1. The number of amides is 1. The summed E-state index contributed by atoms with van der Waals surface area (Å²) in [6, 6.07) is 17.1. The fourth-order valence-electron chi connectivity index (χ4n) is 2.95. The highest BCUT2D eigenvalue weighted by molar-refractivity contribution is 7.87. The molecule has 172 valence electrons. The van der Waals surface area contributed by atoms with Crippen LogP contribution in [-0.2, 0) is 16.7 Å². The summed E-state index contributed by atoms with van der Waals surface area (Å²) in [6.07, 6.45) is 3.39. The molecule has 0 unspecified atom stereocenters. The van der Waals surface area contributed by atoms with Crippen molar-refractivity contribution in [2.45, 2.75) is 11.4 Å². The number of pyridine rings is 1. The predicted octanol–water partition coefficient (Wildman–Crippen LogP) is 3.25. The Hall–Kier alpha value is -4.58. The first-order valence-corrected chi connectivity index (χ1v) is 11.2. The molecule has 2 heterocycles. The minimum atomic E-state index is -4.30. The van der Waals surface area contributed by atoms with Crippen molar-refractivity contribution in [3.05, 3.63) is 107 Å². The Bertz CT molecular complexity index is 1440. The third-order valence-electron chi connectivity index (χ3n) is 4.57. The predicted molar refractivity (Wildman–Crippen MR) is 121 cm³/mol. The average molecular weight is 479 g/mol. The number of nitrogens with zero attached hydrogens (tertiary/aromatic N) is 4. The van der Waals surface area contributed by atoms with Crippen LogP contribution in [0.1, 0.15) is 16.1 Å². The number of nitro benzene ring substituents is 1. The Morgan fingerprint density at radius 1 is 1.06 bits per heavy atom. The monoisotopic (exact) mass is 479 g/mol. The number of non-ortho nitro benzene ring substituents is 1. The second-order valence-electron chi connectivity index (χ2n) is 6.99. The molecule has 4 aromatic rings. The molecule has 0 spiro atoms. The first kappa shape index (κ1) is 22.6. The molecule has 0 saturated carbocycles. The number of benzene rings is 2. The lowest BCUT2D eigenvalue weighted by Gasteiger charge is -2.08. The molecule has 0 fully saturated rings. The smallest absolute Gasteiger partial charge is 0.339 e. The van der Waals surface area contributed by atoms with Crippen molar-refractivity contribution < 1.29 is 22.3 Å². The number of nitrogens with one attached hydrogen (secondary N) is 1. The Morgan fingerprint density at radius 2 is 1.85 bits per heavy atom.